The van der Waals surface area contributed by atoms with Crippen molar-refractivity contribution in [2.45, 2.75) is 43.8 Å². The number of likely N-dealkylation sites (tertiary alicyclic amines) is 1. The van der Waals surface area contributed by atoms with Gasteiger partial charge in [-0.2, -0.15) is 0 Å². The number of hydrogen-bond donors (Lipinski definition) is 4. The summed E-state index contributed by atoms with van der Waals surface area (Å²) in [6, 6.07) is 0.539. The molecule has 0 bridgehead atoms. The van der Waals surface area contributed by atoms with Crippen LogP contribution in [0.2, 0.25) is 0 Å². The third kappa shape index (κ3) is 2.76. The van der Waals surface area contributed by atoms with E-state index >= 15 is 0 Å². The van der Waals surface area contributed by atoms with Crippen LogP contribution in [0.4, 0.5) is 0 Å². The Bertz CT molecular complexity index is 427. The van der Waals surface area contributed by atoms with E-state index in [0.717, 1.165) is 31.8 Å². The summed E-state index contributed by atoms with van der Waals surface area (Å²) >= 11 is 0. The molecular weight excluding hydrogens is 252 g/mol. The molecule has 1 saturated carbocycles. The molecule has 1 unspecified atom stereocenters. The molecule has 0 spiro atoms. The Morgan fingerprint density at radius 3 is 2.90 bits per heavy atom. The van der Waals surface area contributed by atoms with Gasteiger partial charge in [0.2, 0.25) is 0 Å². The third-order valence-electron chi connectivity index (χ3n) is 4.75. The Kier molecular flexibility index (Phi) is 3.60. The predicted octanol–water partition coefficient (Wildman–Crippen LogP) is -0.115. The lowest BCUT2D eigenvalue weighted by molar-refractivity contribution is 0.247. The first-order chi connectivity index (χ1) is 9.58. The second-order valence-corrected chi connectivity index (χ2v) is 6.36. The van der Waals surface area contributed by atoms with E-state index < -0.39 is 5.66 Å². The number of rotatable bonds is 4. The summed E-state index contributed by atoms with van der Waals surface area (Å²) in [6.45, 7) is 2.01. The molecule has 0 amide bonds. The molecule has 2 heterocycles. The van der Waals surface area contributed by atoms with Gasteiger partial charge in [-0.3, -0.25) is 0 Å². The van der Waals surface area contributed by atoms with E-state index in [-0.39, 0.29) is 0 Å². The summed E-state index contributed by atoms with van der Waals surface area (Å²) in [6.07, 6.45) is 7.99. The molecule has 6 heteroatoms. The molecule has 0 aromatic heterocycles. The van der Waals surface area contributed by atoms with Crippen LogP contribution in [-0.4, -0.2) is 42.7 Å². The first-order valence-electron chi connectivity index (χ1n) is 7.64. The summed E-state index contributed by atoms with van der Waals surface area (Å²) in [5.74, 6) is 2.17. The maximum atomic E-state index is 6.46. The molecule has 2 aliphatic heterocycles. The fourth-order valence-electron chi connectivity index (χ4n) is 3.34. The van der Waals surface area contributed by atoms with E-state index in [4.69, 9.17) is 11.5 Å². The molecular formula is C14H26N6. The molecule has 0 aromatic carbocycles. The van der Waals surface area contributed by atoms with Crippen molar-refractivity contribution in [2.24, 2.45) is 22.4 Å². The number of hydrogen-bond acceptors (Lipinski definition) is 6. The molecule has 6 N–H and O–H groups in total. The summed E-state index contributed by atoms with van der Waals surface area (Å²) in [7, 11) is 2.01. The fraction of sp³-hybridized carbons (Fsp3) is 0.786. The van der Waals surface area contributed by atoms with Crippen molar-refractivity contribution in [3.63, 3.8) is 0 Å². The lowest BCUT2D eigenvalue weighted by atomic mass is 9.79. The smallest absolute Gasteiger partial charge is 0.196 e. The number of nitrogens with one attached hydrogen (secondary N) is 2. The van der Waals surface area contributed by atoms with Gasteiger partial charge in [0.05, 0.1) is 0 Å². The van der Waals surface area contributed by atoms with Crippen molar-refractivity contribution in [2.75, 3.05) is 20.1 Å². The molecule has 1 saturated heterocycles. The van der Waals surface area contributed by atoms with Gasteiger partial charge in [-0.05, 0) is 31.9 Å². The molecule has 0 radical (unpaired) electrons. The zero-order chi connectivity index (χ0) is 14.2. The van der Waals surface area contributed by atoms with Crippen molar-refractivity contribution in [1.82, 2.24) is 15.5 Å². The fourth-order valence-corrected chi connectivity index (χ4v) is 3.34. The van der Waals surface area contributed by atoms with Gasteiger partial charge in [-0.1, -0.05) is 19.3 Å². The minimum absolute atomic E-state index is 0.442. The number of nitrogens with two attached hydrogens (primary N) is 2. The van der Waals surface area contributed by atoms with Crippen molar-refractivity contribution in [3.05, 3.63) is 11.9 Å². The van der Waals surface area contributed by atoms with E-state index in [1.54, 1.807) is 0 Å². The van der Waals surface area contributed by atoms with Crippen LogP contribution in [0.3, 0.4) is 0 Å². The molecule has 2 fully saturated rings. The standard InChI is InChI=1S/C14H26N6/c1-17-11-5-6-20(9-11)12-8-14(16,19-13(15)18-12)7-10-3-2-4-10/h8,10-11,17H,2-7,9,16H2,1H3,(H3,15,18,19)/t11-,14?/m1/s1. The first kappa shape index (κ1) is 13.7. The lowest BCUT2D eigenvalue weighted by Crippen LogP contribution is -2.51. The highest BCUT2D eigenvalue weighted by atomic mass is 15.3. The Labute approximate surface area is 120 Å². The summed E-state index contributed by atoms with van der Waals surface area (Å²) in [5.41, 5.74) is 11.8. The third-order valence-corrected chi connectivity index (χ3v) is 4.75. The quantitative estimate of drug-likeness (QED) is 0.576. The van der Waals surface area contributed by atoms with Crippen LogP contribution in [0.5, 0.6) is 0 Å². The highest BCUT2D eigenvalue weighted by Gasteiger charge is 2.34. The zero-order valence-corrected chi connectivity index (χ0v) is 12.2. The van der Waals surface area contributed by atoms with Gasteiger partial charge in [0.15, 0.2) is 5.96 Å². The number of aliphatic imine (C=N–C) groups is 1. The largest absolute Gasteiger partial charge is 0.370 e. The number of guanidine groups is 1. The highest BCUT2D eigenvalue weighted by molar-refractivity contribution is 5.81. The Hall–Kier alpha value is -1.27. The van der Waals surface area contributed by atoms with Crippen LogP contribution in [0.1, 0.15) is 32.1 Å². The van der Waals surface area contributed by atoms with Crippen LogP contribution < -0.4 is 22.1 Å². The van der Waals surface area contributed by atoms with Crippen molar-refractivity contribution in [1.29, 1.82) is 0 Å². The maximum Gasteiger partial charge on any atom is 0.196 e. The monoisotopic (exact) mass is 278 g/mol. The number of likely N-dealkylation sites (N-methyl/N-ethyl adjacent to an activating group) is 1. The average Bonchev–Trinajstić information content (AvgIpc) is 2.82. The second-order valence-electron chi connectivity index (χ2n) is 6.36. The van der Waals surface area contributed by atoms with Gasteiger partial charge in [0.1, 0.15) is 11.5 Å². The maximum absolute atomic E-state index is 6.46. The van der Waals surface area contributed by atoms with Crippen molar-refractivity contribution < 1.29 is 0 Å². The Balaban J connectivity index is 1.72. The Morgan fingerprint density at radius 1 is 1.50 bits per heavy atom. The highest BCUT2D eigenvalue weighted by Crippen LogP contribution is 2.35. The molecule has 3 rings (SSSR count). The van der Waals surface area contributed by atoms with Gasteiger partial charge in [-0.25, -0.2) is 4.99 Å². The van der Waals surface area contributed by atoms with Gasteiger partial charge < -0.3 is 27.0 Å². The van der Waals surface area contributed by atoms with Crippen LogP contribution in [0.15, 0.2) is 16.9 Å². The van der Waals surface area contributed by atoms with E-state index in [9.17, 15) is 0 Å². The zero-order valence-electron chi connectivity index (χ0n) is 12.2. The van der Waals surface area contributed by atoms with E-state index in [1.807, 2.05) is 7.05 Å². The SMILES string of the molecule is CN[C@@H]1CCN(C2=CC(N)(CC3CCC3)N=C(N)N2)C1. The normalized spacial score (nSPS) is 34.3. The van der Waals surface area contributed by atoms with Crippen LogP contribution in [0, 0.1) is 5.92 Å². The molecule has 112 valence electrons. The molecule has 6 nitrogen and oxygen atoms in total. The summed E-state index contributed by atoms with van der Waals surface area (Å²) in [5, 5.41) is 6.50. The van der Waals surface area contributed by atoms with Crippen LogP contribution in [0.25, 0.3) is 0 Å². The van der Waals surface area contributed by atoms with E-state index in [0.29, 0.717) is 17.9 Å². The minimum atomic E-state index is -0.631. The van der Waals surface area contributed by atoms with Gasteiger partial charge in [-0.15, -0.1) is 0 Å². The average molecular weight is 278 g/mol. The molecule has 1 aliphatic carbocycles. The lowest BCUT2D eigenvalue weighted by Gasteiger charge is -2.36. The van der Waals surface area contributed by atoms with E-state index in [2.05, 4.69) is 26.6 Å². The second kappa shape index (κ2) is 5.26. The van der Waals surface area contributed by atoms with Crippen LogP contribution >= 0.6 is 0 Å². The van der Waals surface area contributed by atoms with Crippen molar-refractivity contribution >= 4 is 5.96 Å². The Morgan fingerprint density at radius 2 is 2.30 bits per heavy atom. The van der Waals surface area contributed by atoms with Crippen molar-refractivity contribution in [3.8, 4) is 0 Å². The molecule has 2 atom stereocenters. The van der Waals surface area contributed by atoms with Gasteiger partial charge in [0.25, 0.3) is 0 Å². The minimum Gasteiger partial charge on any atom is -0.370 e. The van der Waals surface area contributed by atoms with Gasteiger partial charge in [0, 0.05) is 19.1 Å². The van der Waals surface area contributed by atoms with E-state index in [1.165, 1.54) is 19.3 Å². The molecule has 0 aromatic rings. The summed E-state index contributed by atoms with van der Waals surface area (Å²) < 4.78 is 0. The molecule has 20 heavy (non-hydrogen) atoms. The van der Waals surface area contributed by atoms with Crippen LogP contribution in [-0.2, 0) is 0 Å². The summed E-state index contributed by atoms with van der Waals surface area (Å²) in [4.78, 5) is 6.75. The first-order valence-corrected chi connectivity index (χ1v) is 7.64. The predicted molar refractivity (Wildman–Crippen MR) is 80.8 cm³/mol. The number of nitrogens with zero attached hydrogens (tertiary/aromatic N) is 2. The molecule has 3 aliphatic rings. The topological polar surface area (TPSA) is 91.7 Å². The van der Waals surface area contributed by atoms with Gasteiger partial charge >= 0.3 is 0 Å².